The van der Waals surface area contributed by atoms with E-state index in [0.29, 0.717) is 23.7 Å². The van der Waals surface area contributed by atoms with Crippen LogP contribution in [0.4, 0.5) is 5.95 Å². The molecule has 0 bridgehead atoms. The molecule has 3 aromatic heterocycles. The van der Waals surface area contributed by atoms with Gasteiger partial charge in [0.2, 0.25) is 5.95 Å². The molecule has 0 atom stereocenters. The Hall–Kier alpha value is -2.77. The third kappa shape index (κ3) is 2.14. The first kappa shape index (κ1) is 13.2. The molecule has 0 spiro atoms. The number of H-pyrrole nitrogens is 1. The second kappa shape index (κ2) is 4.65. The highest BCUT2D eigenvalue weighted by molar-refractivity contribution is 5.73. The van der Waals surface area contributed by atoms with Crippen molar-refractivity contribution in [1.29, 1.82) is 0 Å². The van der Waals surface area contributed by atoms with E-state index in [2.05, 4.69) is 15.3 Å². The third-order valence-corrected chi connectivity index (χ3v) is 3.34. The molecular formula is C13H15N5O3. The number of imidazole rings is 1. The van der Waals surface area contributed by atoms with Crippen molar-refractivity contribution < 1.29 is 4.42 Å². The molecule has 0 fully saturated rings. The molecule has 0 radical (unpaired) electrons. The number of aromatic nitrogens is 4. The Kier molecular flexibility index (Phi) is 2.93. The van der Waals surface area contributed by atoms with Gasteiger partial charge in [0.1, 0.15) is 5.76 Å². The molecule has 21 heavy (non-hydrogen) atoms. The van der Waals surface area contributed by atoms with Gasteiger partial charge in [0.15, 0.2) is 11.2 Å². The van der Waals surface area contributed by atoms with E-state index in [-0.39, 0.29) is 0 Å². The van der Waals surface area contributed by atoms with Gasteiger partial charge in [0.25, 0.3) is 5.56 Å². The van der Waals surface area contributed by atoms with E-state index >= 15 is 0 Å². The summed E-state index contributed by atoms with van der Waals surface area (Å²) in [6, 6.07) is 1.91. The minimum atomic E-state index is -0.487. The average molecular weight is 289 g/mol. The quantitative estimate of drug-likeness (QED) is 0.730. The van der Waals surface area contributed by atoms with Gasteiger partial charge in [-0.3, -0.25) is 14.3 Å². The second-order valence-electron chi connectivity index (χ2n) is 4.93. The fourth-order valence-corrected chi connectivity index (χ4v) is 2.22. The maximum Gasteiger partial charge on any atom is 0.329 e. The van der Waals surface area contributed by atoms with Gasteiger partial charge < -0.3 is 14.3 Å². The van der Waals surface area contributed by atoms with Gasteiger partial charge in [-0.1, -0.05) is 0 Å². The monoisotopic (exact) mass is 289 g/mol. The molecule has 110 valence electrons. The topological polar surface area (TPSA) is 97.9 Å². The molecule has 2 N–H and O–H groups in total. The SMILES string of the molecule is Cc1coc(CNc2nc3c(c(=O)[nH]c(=O)n3C)n2C)c1. The summed E-state index contributed by atoms with van der Waals surface area (Å²) in [7, 11) is 3.28. The second-order valence-corrected chi connectivity index (χ2v) is 4.93. The molecule has 0 unspecified atom stereocenters. The summed E-state index contributed by atoms with van der Waals surface area (Å²) >= 11 is 0. The van der Waals surface area contributed by atoms with Crippen molar-refractivity contribution in [3.05, 3.63) is 44.5 Å². The van der Waals surface area contributed by atoms with Crippen LogP contribution in [-0.4, -0.2) is 19.1 Å². The summed E-state index contributed by atoms with van der Waals surface area (Å²) in [5.41, 5.74) is 0.777. The van der Waals surface area contributed by atoms with Gasteiger partial charge in [-0.2, -0.15) is 4.98 Å². The minimum Gasteiger partial charge on any atom is -0.467 e. The maximum atomic E-state index is 11.9. The molecule has 0 saturated carbocycles. The van der Waals surface area contributed by atoms with Gasteiger partial charge in [-0.25, -0.2) is 4.79 Å². The van der Waals surface area contributed by atoms with E-state index in [4.69, 9.17) is 4.42 Å². The van der Waals surface area contributed by atoms with Crippen LogP contribution in [0.15, 0.2) is 26.3 Å². The molecule has 0 aliphatic rings. The number of hydrogen-bond donors (Lipinski definition) is 2. The normalized spacial score (nSPS) is 11.2. The third-order valence-electron chi connectivity index (χ3n) is 3.34. The molecule has 0 saturated heterocycles. The van der Waals surface area contributed by atoms with Gasteiger partial charge in [0, 0.05) is 14.1 Å². The Balaban J connectivity index is 2.02. The summed E-state index contributed by atoms with van der Waals surface area (Å²) in [5, 5.41) is 3.10. The highest BCUT2D eigenvalue weighted by Gasteiger charge is 2.14. The predicted molar refractivity (Wildman–Crippen MR) is 77.3 cm³/mol. The zero-order valence-corrected chi connectivity index (χ0v) is 11.9. The van der Waals surface area contributed by atoms with Crippen molar-refractivity contribution in [3.63, 3.8) is 0 Å². The first-order chi connectivity index (χ1) is 9.97. The van der Waals surface area contributed by atoms with Crippen molar-refractivity contribution in [2.45, 2.75) is 13.5 Å². The number of nitrogens with zero attached hydrogens (tertiary/aromatic N) is 3. The number of hydrogen-bond acceptors (Lipinski definition) is 5. The summed E-state index contributed by atoms with van der Waals surface area (Å²) in [5.74, 6) is 1.26. The number of fused-ring (bicyclic) bond motifs is 1. The first-order valence-electron chi connectivity index (χ1n) is 6.41. The van der Waals surface area contributed by atoms with Crippen LogP contribution in [0.3, 0.4) is 0 Å². The number of aromatic amines is 1. The lowest BCUT2D eigenvalue weighted by molar-refractivity contribution is 0.516. The van der Waals surface area contributed by atoms with Crippen molar-refractivity contribution in [2.75, 3.05) is 5.32 Å². The lowest BCUT2D eigenvalue weighted by atomic mass is 10.3. The standard InChI is InChI=1S/C13H15N5O3/c1-7-4-8(21-6-7)5-14-12-15-10-9(17(12)2)11(19)16-13(20)18(10)3/h4,6H,5H2,1-3H3,(H,14,15)(H,16,19,20). The van der Waals surface area contributed by atoms with Crippen LogP contribution >= 0.6 is 0 Å². The molecule has 0 amide bonds. The highest BCUT2D eigenvalue weighted by atomic mass is 16.3. The average Bonchev–Trinajstić information content (AvgIpc) is 2.98. The fraction of sp³-hybridized carbons (Fsp3) is 0.308. The van der Waals surface area contributed by atoms with E-state index in [9.17, 15) is 9.59 Å². The van der Waals surface area contributed by atoms with Crippen LogP contribution in [0, 0.1) is 6.92 Å². The van der Waals surface area contributed by atoms with E-state index < -0.39 is 11.2 Å². The number of nitrogens with one attached hydrogen (secondary N) is 2. The van der Waals surface area contributed by atoms with Crippen molar-refractivity contribution in [3.8, 4) is 0 Å². The Bertz CT molecular complexity index is 928. The molecule has 8 heteroatoms. The number of rotatable bonds is 3. The van der Waals surface area contributed by atoms with Crippen molar-refractivity contribution >= 4 is 17.1 Å². The molecule has 0 aliphatic heterocycles. The van der Waals surface area contributed by atoms with Crippen LogP contribution in [0.25, 0.3) is 11.2 Å². The van der Waals surface area contributed by atoms with E-state index in [0.717, 1.165) is 11.3 Å². The van der Waals surface area contributed by atoms with Crippen molar-refractivity contribution in [2.24, 2.45) is 14.1 Å². The predicted octanol–water partition coefficient (Wildman–Crippen LogP) is 0.474. The lowest BCUT2D eigenvalue weighted by Gasteiger charge is -2.03. The lowest BCUT2D eigenvalue weighted by Crippen LogP contribution is -2.29. The Morgan fingerprint density at radius 2 is 2.10 bits per heavy atom. The largest absolute Gasteiger partial charge is 0.467 e. The summed E-state index contributed by atoms with van der Waals surface area (Å²) in [4.78, 5) is 30.0. The number of anilines is 1. The molecule has 3 aromatic rings. The smallest absolute Gasteiger partial charge is 0.329 e. The molecule has 0 aromatic carbocycles. The summed E-state index contributed by atoms with van der Waals surface area (Å²) < 4.78 is 8.26. The van der Waals surface area contributed by atoms with Gasteiger partial charge in [-0.15, -0.1) is 0 Å². The Morgan fingerprint density at radius 3 is 2.76 bits per heavy atom. The highest BCUT2D eigenvalue weighted by Crippen LogP contribution is 2.14. The molecule has 8 nitrogen and oxygen atoms in total. The summed E-state index contributed by atoms with van der Waals surface area (Å²) in [6.45, 7) is 2.38. The molecule has 3 rings (SSSR count). The fourth-order valence-electron chi connectivity index (χ4n) is 2.22. The molecule has 0 aliphatic carbocycles. The van der Waals surface area contributed by atoms with Crippen LogP contribution in [0.5, 0.6) is 0 Å². The van der Waals surface area contributed by atoms with Crippen molar-refractivity contribution in [1.82, 2.24) is 19.1 Å². The minimum absolute atomic E-state index is 0.337. The van der Waals surface area contributed by atoms with Crippen LogP contribution in [-0.2, 0) is 20.6 Å². The van der Waals surface area contributed by atoms with Crippen LogP contribution in [0.1, 0.15) is 11.3 Å². The zero-order chi connectivity index (χ0) is 15.1. The van der Waals surface area contributed by atoms with E-state index in [1.807, 2.05) is 13.0 Å². The molecule has 3 heterocycles. The van der Waals surface area contributed by atoms with Crippen LogP contribution < -0.4 is 16.6 Å². The van der Waals surface area contributed by atoms with E-state index in [1.165, 1.54) is 4.57 Å². The van der Waals surface area contributed by atoms with Gasteiger partial charge in [-0.05, 0) is 18.6 Å². The number of furan rings is 1. The van der Waals surface area contributed by atoms with Crippen LogP contribution in [0.2, 0.25) is 0 Å². The summed E-state index contributed by atoms with van der Waals surface area (Å²) in [6.07, 6.45) is 1.67. The maximum absolute atomic E-state index is 11.9. The number of aryl methyl sites for hydroxylation is 3. The first-order valence-corrected chi connectivity index (χ1v) is 6.41. The van der Waals surface area contributed by atoms with Gasteiger partial charge >= 0.3 is 5.69 Å². The van der Waals surface area contributed by atoms with Gasteiger partial charge in [0.05, 0.1) is 12.8 Å². The molecular weight excluding hydrogens is 274 g/mol. The Labute approximate surface area is 119 Å². The zero-order valence-electron chi connectivity index (χ0n) is 11.9. The Morgan fingerprint density at radius 1 is 1.33 bits per heavy atom. The van der Waals surface area contributed by atoms with E-state index in [1.54, 1.807) is 24.9 Å².